The number of carbonyl (C=O) groups excluding carboxylic acids is 1. The number of amides is 1. The van der Waals surface area contributed by atoms with Gasteiger partial charge in [0.2, 0.25) is 0 Å². The van der Waals surface area contributed by atoms with Crippen molar-refractivity contribution in [3.63, 3.8) is 0 Å². The Hall–Kier alpha value is -1.65. The van der Waals surface area contributed by atoms with E-state index >= 15 is 0 Å². The number of rotatable bonds is 7. The number of aliphatic imine (C=N–C) groups is 1. The quantitative estimate of drug-likeness (QED) is 0.298. The van der Waals surface area contributed by atoms with E-state index in [0.717, 1.165) is 37.1 Å². The van der Waals surface area contributed by atoms with E-state index in [9.17, 15) is 4.79 Å². The maximum Gasteiger partial charge on any atom is 0.253 e. The summed E-state index contributed by atoms with van der Waals surface area (Å²) in [6.45, 7) is 6.13. The molecule has 2 N–H and O–H groups in total. The molecule has 1 aromatic carbocycles. The molecule has 1 atom stereocenters. The maximum atomic E-state index is 12.0. The topological polar surface area (TPSA) is 60.0 Å². The van der Waals surface area contributed by atoms with E-state index < -0.39 is 0 Å². The van der Waals surface area contributed by atoms with Crippen molar-refractivity contribution in [1.29, 1.82) is 0 Å². The first-order valence-corrected chi connectivity index (χ1v) is 11.9. The summed E-state index contributed by atoms with van der Waals surface area (Å²) in [5, 5.41) is 9.08. The van der Waals surface area contributed by atoms with Crippen molar-refractivity contribution in [3.05, 3.63) is 57.8 Å². The molecule has 0 spiro atoms. The van der Waals surface area contributed by atoms with E-state index in [4.69, 9.17) is 0 Å². The number of nitrogens with zero attached hydrogens (tertiary/aromatic N) is 3. The third-order valence-corrected chi connectivity index (χ3v) is 6.86. The zero-order valence-corrected chi connectivity index (χ0v) is 22.7. The summed E-state index contributed by atoms with van der Waals surface area (Å²) in [6, 6.07) is 12.5. The molecule has 1 aliphatic heterocycles. The zero-order valence-electron chi connectivity index (χ0n) is 19.5. The van der Waals surface area contributed by atoms with Crippen LogP contribution < -0.4 is 10.6 Å². The summed E-state index contributed by atoms with van der Waals surface area (Å²) in [5.41, 5.74) is 1.81. The van der Waals surface area contributed by atoms with E-state index in [1.165, 1.54) is 17.7 Å². The number of halogens is 1. The van der Waals surface area contributed by atoms with Crippen LogP contribution in [0.2, 0.25) is 0 Å². The Balaban J connectivity index is 0.00000363. The lowest BCUT2D eigenvalue weighted by atomic mass is 9.97. The lowest BCUT2D eigenvalue weighted by molar-refractivity contribution is 0.0827. The second kappa shape index (κ2) is 13.2. The van der Waals surface area contributed by atoms with Gasteiger partial charge in [0.05, 0.1) is 6.04 Å². The molecule has 1 unspecified atom stereocenters. The van der Waals surface area contributed by atoms with E-state index in [1.54, 1.807) is 26.0 Å². The second-order valence-electron chi connectivity index (χ2n) is 8.45. The van der Waals surface area contributed by atoms with Crippen molar-refractivity contribution in [2.24, 2.45) is 10.9 Å². The fourth-order valence-electron chi connectivity index (χ4n) is 3.85. The van der Waals surface area contributed by atoms with Crippen LogP contribution in [-0.4, -0.2) is 62.4 Å². The molecule has 2 aromatic rings. The standard InChI is InChI=1S/C24H35N5OS.HI/c1-18-11-13-29(14-12-18)21(22-6-5-15-31-22)17-27-24(25-2)26-16-19-7-9-20(10-8-19)23(30)28(3)4;/h5-10,15,18,21H,11-14,16-17H2,1-4H3,(H2,25,26,27);1H. The first-order chi connectivity index (χ1) is 15.0. The largest absolute Gasteiger partial charge is 0.354 e. The van der Waals surface area contributed by atoms with Crippen LogP contribution in [0.3, 0.4) is 0 Å². The summed E-state index contributed by atoms with van der Waals surface area (Å²) in [7, 11) is 5.33. The highest BCUT2D eigenvalue weighted by atomic mass is 127. The highest BCUT2D eigenvalue weighted by Gasteiger charge is 2.25. The highest BCUT2D eigenvalue weighted by molar-refractivity contribution is 14.0. The maximum absolute atomic E-state index is 12.0. The highest BCUT2D eigenvalue weighted by Crippen LogP contribution is 2.29. The minimum Gasteiger partial charge on any atom is -0.354 e. The van der Waals surface area contributed by atoms with Crippen molar-refractivity contribution in [3.8, 4) is 0 Å². The molecule has 1 saturated heterocycles. The Labute approximate surface area is 213 Å². The average molecular weight is 570 g/mol. The predicted octanol–water partition coefficient (Wildman–Crippen LogP) is 4.21. The minimum atomic E-state index is 0. The van der Waals surface area contributed by atoms with Gasteiger partial charge in [-0.25, -0.2) is 0 Å². The number of piperidine rings is 1. The molecule has 3 rings (SSSR count). The van der Waals surface area contributed by atoms with Gasteiger partial charge < -0.3 is 15.5 Å². The fourth-order valence-corrected chi connectivity index (χ4v) is 4.71. The summed E-state index contributed by atoms with van der Waals surface area (Å²) < 4.78 is 0. The third-order valence-electron chi connectivity index (χ3n) is 5.88. The van der Waals surface area contributed by atoms with Crippen LogP contribution in [0.5, 0.6) is 0 Å². The van der Waals surface area contributed by atoms with Crippen LogP contribution in [0.1, 0.15) is 46.6 Å². The number of likely N-dealkylation sites (tertiary alicyclic amines) is 1. The van der Waals surface area contributed by atoms with Gasteiger partial charge in [-0.1, -0.05) is 25.1 Å². The molecule has 2 heterocycles. The minimum absolute atomic E-state index is 0. The van der Waals surface area contributed by atoms with Gasteiger partial charge in [-0.3, -0.25) is 14.7 Å². The van der Waals surface area contributed by atoms with Crippen molar-refractivity contribution >= 4 is 47.2 Å². The van der Waals surface area contributed by atoms with Crippen LogP contribution in [-0.2, 0) is 6.54 Å². The van der Waals surface area contributed by atoms with Crippen LogP contribution in [0.4, 0.5) is 0 Å². The molecule has 0 aliphatic carbocycles. The molecule has 0 bridgehead atoms. The first-order valence-electron chi connectivity index (χ1n) is 11.0. The average Bonchev–Trinajstić information content (AvgIpc) is 3.31. The van der Waals surface area contributed by atoms with Crippen LogP contribution in [0, 0.1) is 5.92 Å². The number of hydrogen-bond acceptors (Lipinski definition) is 4. The zero-order chi connectivity index (χ0) is 22.2. The number of nitrogens with one attached hydrogen (secondary N) is 2. The molecule has 1 aliphatic rings. The van der Waals surface area contributed by atoms with Crippen molar-refractivity contribution in [2.45, 2.75) is 32.4 Å². The summed E-state index contributed by atoms with van der Waals surface area (Å²) in [5.74, 6) is 1.63. The van der Waals surface area contributed by atoms with Crippen molar-refractivity contribution in [2.75, 3.05) is 40.8 Å². The Morgan fingerprint density at radius 3 is 2.44 bits per heavy atom. The van der Waals surface area contributed by atoms with Crippen molar-refractivity contribution < 1.29 is 4.79 Å². The van der Waals surface area contributed by atoms with Gasteiger partial charge in [0.25, 0.3) is 5.91 Å². The van der Waals surface area contributed by atoms with E-state index in [2.05, 4.69) is 45.0 Å². The number of guanidine groups is 1. The fraction of sp³-hybridized carbons (Fsp3) is 0.500. The van der Waals surface area contributed by atoms with Gasteiger partial charge in [0, 0.05) is 44.7 Å². The lowest BCUT2D eigenvalue weighted by Crippen LogP contribution is -2.44. The molecule has 6 nitrogen and oxygen atoms in total. The SMILES string of the molecule is CN=C(NCc1ccc(C(=O)N(C)C)cc1)NCC(c1cccs1)N1CCC(C)CC1.I. The van der Waals surface area contributed by atoms with Gasteiger partial charge in [-0.05, 0) is 61.0 Å². The number of benzene rings is 1. The third kappa shape index (κ3) is 7.45. The Kier molecular flexibility index (Phi) is 10.9. The Morgan fingerprint density at radius 1 is 1.19 bits per heavy atom. The first kappa shape index (κ1) is 26.6. The Morgan fingerprint density at radius 2 is 1.88 bits per heavy atom. The van der Waals surface area contributed by atoms with Gasteiger partial charge in [0.15, 0.2) is 5.96 Å². The van der Waals surface area contributed by atoms with Crippen molar-refractivity contribution in [1.82, 2.24) is 20.4 Å². The molecule has 1 amide bonds. The summed E-state index contributed by atoms with van der Waals surface area (Å²) >= 11 is 1.83. The Bertz CT molecular complexity index is 846. The van der Waals surface area contributed by atoms with E-state index in [0.29, 0.717) is 18.2 Å². The number of thiophene rings is 1. The summed E-state index contributed by atoms with van der Waals surface area (Å²) in [4.78, 5) is 22.0. The van der Waals surface area contributed by atoms with Crippen LogP contribution >= 0.6 is 35.3 Å². The molecule has 0 saturated carbocycles. The molecular formula is C24H36IN5OS. The molecule has 8 heteroatoms. The van der Waals surface area contributed by atoms with E-state index in [1.807, 2.05) is 35.6 Å². The molecule has 1 fully saturated rings. The normalized spacial score (nSPS) is 16.2. The smallest absolute Gasteiger partial charge is 0.253 e. The second-order valence-corrected chi connectivity index (χ2v) is 9.43. The number of hydrogen-bond donors (Lipinski definition) is 2. The lowest BCUT2D eigenvalue weighted by Gasteiger charge is -2.36. The summed E-state index contributed by atoms with van der Waals surface area (Å²) in [6.07, 6.45) is 2.53. The molecule has 32 heavy (non-hydrogen) atoms. The van der Waals surface area contributed by atoms with Gasteiger partial charge in [-0.2, -0.15) is 0 Å². The molecular weight excluding hydrogens is 533 g/mol. The number of carbonyl (C=O) groups is 1. The van der Waals surface area contributed by atoms with Gasteiger partial charge in [0.1, 0.15) is 0 Å². The van der Waals surface area contributed by atoms with E-state index in [-0.39, 0.29) is 29.9 Å². The molecule has 1 aromatic heterocycles. The van der Waals surface area contributed by atoms with Gasteiger partial charge >= 0.3 is 0 Å². The molecule has 0 radical (unpaired) electrons. The monoisotopic (exact) mass is 569 g/mol. The molecule has 176 valence electrons. The van der Waals surface area contributed by atoms with Crippen LogP contribution in [0.15, 0.2) is 46.8 Å². The van der Waals surface area contributed by atoms with Crippen LogP contribution in [0.25, 0.3) is 0 Å². The predicted molar refractivity (Wildman–Crippen MR) is 145 cm³/mol. The van der Waals surface area contributed by atoms with Gasteiger partial charge in [-0.15, -0.1) is 35.3 Å².